The molecule has 0 rings (SSSR count). The van der Waals surface area contributed by atoms with Gasteiger partial charge >= 0.3 is 75.5 Å². The first-order valence-corrected chi connectivity index (χ1v) is 12.4. The van der Waals surface area contributed by atoms with Crippen molar-refractivity contribution in [2.75, 3.05) is 26.1 Å². The summed E-state index contributed by atoms with van der Waals surface area (Å²) in [5, 5.41) is 0. The molecule has 0 amide bonds. The summed E-state index contributed by atoms with van der Waals surface area (Å²) < 4.78 is 12.8. The fourth-order valence-electron chi connectivity index (χ4n) is 1.31. The van der Waals surface area contributed by atoms with Gasteiger partial charge in [-0.25, -0.2) is 0 Å². The van der Waals surface area contributed by atoms with E-state index < -0.39 is 0 Å². The van der Waals surface area contributed by atoms with Crippen molar-refractivity contribution >= 4 is 39.7 Å². The zero-order valence-electron chi connectivity index (χ0n) is 13.5. The van der Waals surface area contributed by atoms with Crippen molar-refractivity contribution in [1.29, 1.82) is 0 Å². The molecule has 2 radical (unpaired) electrons. The maximum Gasteiger partial charge on any atom is 0.315 e. The Kier molecular flexibility index (Phi) is 25.0. The molecule has 0 saturated carbocycles. The molecule has 0 aliphatic heterocycles. The molecule has 0 fully saturated rings. The zero-order valence-corrected chi connectivity index (χ0v) is 17.2. The van der Waals surface area contributed by atoms with Gasteiger partial charge in [0.15, 0.2) is 0 Å². The van der Waals surface area contributed by atoms with Crippen LogP contribution in [0.1, 0.15) is 52.4 Å². The third-order valence-electron chi connectivity index (χ3n) is 2.55. The van der Waals surface area contributed by atoms with Crippen LogP contribution in [0.4, 0.5) is 0 Å². The van der Waals surface area contributed by atoms with E-state index in [1.807, 2.05) is 0 Å². The Hall–Kier alpha value is 0.579. The topological polar surface area (TPSA) is 35.5 Å². The number of hydrogen-bond acceptors (Lipinski definition) is 4. The third kappa shape index (κ3) is 23.7. The normalized spacial score (nSPS) is 9.80. The van der Waals surface area contributed by atoms with Gasteiger partial charge < -0.3 is 9.47 Å². The number of methoxy groups -OCH3 is 1. The maximum atomic E-state index is 10.5. The zero-order chi connectivity index (χ0) is 15.5. The van der Waals surface area contributed by atoms with Crippen molar-refractivity contribution < 1.29 is 14.3 Å². The monoisotopic (exact) mass is 412 g/mol. The van der Waals surface area contributed by atoms with Crippen LogP contribution in [-0.2, 0) is 14.3 Å². The molecule has 0 atom stereocenters. The van der Waals surface area contributed by atoms with Crippen LogP contribution in [0.3, 0.4) is 0 Å². The molecule has 0 aliphatic rings. The minimum absolute atomic E-state index is 0.149. The second-order valence-electron chi connectivity index (χ2n) is 4.54. The molecule has 0 aromatic rings. The Balaban J connectivity index is 0. The van der Waals surface area contributed by atoms with Gasteiger partial charge in [-0.2, -0.15) is 12.6 Å². The predicted octanol–water partition coefficient (Wildman–Crippen LogP) is 4.01. The van der Waals surface area contributed by atoms with Crippen molar-refractivity contribution in [2.45, 2.75) is 61.2 Å². The van der Waals surface area contributed by atoms with Crippen molar-refractivity contribution in [3.8, 4) is 0 Å². The Morgan fingerprint density at radius 1 is 1.00 bits per heavy atom. The largest absolute Gasteiger partial charge is 0.465 e. The minimum Gasteiger partial charge on any atom is -0.465 e. The van der Waals surface area contributed by atoms with E-state index >= 15 is 0 Å². The molecule has 0 heterocycles. The van der Waals surface area contributed by atoms with Crippen molar-refractivity contribution in [1.82, 2.24) is 0 Å². The summed E-state index contributed by atoms with van der Waals surface area (Å²) >= 11 is 3.91. The number of carbonyl (C=O) groups excluding carboxylic acids is 1. The average Bonchev–Trinajstić information content (AvgIpc) is 2.47. The summed E-state index contributed by atoms with van der Waals surface area (Å²) in [6.07, 6.45) is 7.62. The number of unbranched alkanes of at least 4 members (excludes halogenated alkanes) is 3. The van der Waals surface area contributed by atoms with Gasteiger partial charge in [0.2, 0.25) is 0 Å². The molecule has 0 bridgehead atoms. The van der Waals surface area contributed by atoms with Crippen molar-refractivity contribution in [3.63, 3.8) is 0 Å². The van der Waals surface area contributed by atoms with E-state index in [0.717, 1.165) is 19.4 Å². The van der Waals surface area contributed by atoms with Gasteiger partial charge in [-0.15, -0.1) is 0 Å². The average molecular weight is 411 g/mol. The summed E-state index contributed by atoms with van der Waals surface area (Å²) in [6, 6.07) is 0. The van der Waals surface area contributed by atoms with Crippen molar-refractivity contribution in [3.05, 3.63) is 0 Å². The summed E-state index contributed by atoms with van der Waals surface area (Å²) in [6.45, 7) is 5.78. The van der Waals surface area contributed by atoms with Gasteiger partial charge in [0.1, 0.15) is 0 Å². The fraction of sp³-hybridized carbons (Fsp3) is 0.933. The number of hydrogen-bond donors (Lipinski definition) is 1. The summed E-state index contributed by atoms with van der Waals surface area (Å²) in [5.74, 6) is -0.102. The maximum absolute atomic E-state index is 10.5. The molecule has 3 nitrogen and oxygen atoms in total. The van der Waals surface area contributed by atoms with Gasteiger partial charge in [-0.1, -0.05) is 0 Å². The van der Waals surface area contributed by atoms with E-state index in [9.17, 15) is 4.79 Å². The Bertz CT molecular complexity index is 186. The molecule has 0 aromatic carbocycles. The first-order chi connectivity index (χ1) is 9.72. The van der Waals surface area contributed by atoms with Crippen LogP contribution >= 0.6 is 12.6 Å². The standard InChI is InChI=1S/C7H14O3S.2C4H9.Sn/c1-9-4-2-3-5-10-7(8)6-11;2*1-3-4-2;/h11H,2-6H2,1H3;2*1,3-4H2,2H3;. The van der Waals surface area contributed by atoms with Crippen LogP contribution in [0, 0.1) is 0 Å². The van der Waals surface area contributed by atoms with E-state index in [1.165, 1.54) is 25.7 Å². The van der Waals surface area contributed by atoms with E-state index in [2.05, 4.69) is 26.5 Å². The van der Waals surface area contributed by atoms with E-state index in [1.54, 1.807) is 16.0 Å². The first kappa shape index (κ1) is 22.9. The molecular weight excluding hydrogens is 379 g/mol. The molecule has 5 heteroatoms. The van der Waals surface area contributed by atoms with Gasteiger partial charge in [-0.05, 0) is 12.8 Å². The molecule has 20 heavy (non-hydrogen) atoms. The molecule has 120 valence electrons. The Morgan fingerprint density at radius 2 is 1.55 bits per heavy atom. The van der Waals surface area contributed by atoms with Gasteiger partial charge in [0.05, 0.1) is 12.4 Å². The van der Waals surface area contributed by atoms with Crippen LogP contribution in [0.5, 0.6) is 0 Å². The second kappa shape index (κ2) is 21.9. The van der Waals surface area contributed by atoms with E-state index in [4.69, 9.17) is 9.47 Å². The molecular formula is C15H32O3SSn. The predicted molar refractivity (Wildman–Crippen MR) is 91.1 cm³/mol. The third-order valence-corrected chi connectivity index (χ3v) is 6.84. The smallest absolute Gasteiger partial charge is 0.315 e. The second-order valence-corrected chi connectivity index (χ2v) is 9.13. The van der Waals surface area contributed by atoms with Crippen LogP contribution in [-0.4, -0.2) is 53.2 Å². The Morgan fingerprint density at radius 3 is 2.00 bits per heavy atom. The Labute approximate surface area is 141 Å². The quantitative estimate of drug-likeness (QED) is 0.228. The number of esters is 1. The number of ether oxygens (including phenoxy) is 2. The fourth-order valence-corrected chi connectivity index (χ4v) is 5.56. The summed E-state index contributed by atoms with van der Waals surface area (Å²) in [5.41, 5.74) is 0. The molecule has 0 spiro atoms. The number of thiol groups is 1. The minimum atomic E-state index is -0.259. The molecule has 0 unspecified atom stereocenters. The molecule has 0 aliphatic carbocycles. The van der Waals surface area contributed by atoms with E-state index in [-0.39, 0.29) is 32.9 Å². The van der Waals surface area contributed by atoms with Gasteiger partial charge in [-0.3, -0.25) is 4.79 Å². The number of carbonyl (C=O) groups is 1. The van der Waals surface area contributed by atoms with E-state index in [0.29, 0.717) is 6.61 Å². The molecule has 0 aromatic heterocycles. The van der Waals surface area contributed by atoms with Crippen LogP contribution in [0.2, 0.25) is 8.87 Å². The summed E-state index contributed by atoms with van der Waals surface area (Å²) in [4.78, 5) is 10.5. The molecule has 0 saturated heterocycles. The van der Waals surface area contributed by atoms with Crippen LogP contribution in [0.15, 0.2) is 0 Å². The number of rotatable bonds is 12. The SMILES string of the molecule is CCC[CH2][Sn][CH2]CCC.COCCCCOC(=O)CS. The van der Waals surface area contributed by atoms with Gasteiger partial charge in [0.25, 0.3) is 0 Å². The van der Waals surface area contributed by atoms with Gasteiger partial charge in [0, 0.05) is 13.7 Å². The molecule has 0 N–H and O–H groups in total. The van der Waals surface area contributed by atoms with Crippen LogP contribution < -0.4 is 0 Å². The van der Waals surface area contributed by atoms with Crippen LogP contribution in [0.25, 0.3) is 0 Å². The first-order valence-electron chi connectivity index (χ1n) is 7.68. The van der Waals surface area contributed by atoms with Crippen molar-refractivity contribution in [2.24, 2.45) is 0 Å². The summed E-state index contributed by atoms with van der Waals surface area (Å²) in [7, 11) is 1.65.